The van der Waals surface area contributed by atoms with Crippen molar-refractivity contribution < 1.29 is 4.39 Å². The molecule has 2 heterocycles. The fourth-order valence-electron chi connectivity index (χ4n) is 3.00. The number of halogens is 1. The van der Waals surface area contributed by atoms with Crippen molar-refractivity contribution >= 4 is 16.6 Å². The van der Waals surface area contributed by atoms with E-state index in [1.54, 1.807) is 12.1 Å². The number of likely N-dealkylation sites (tertiary alicyclic amines) is 1. The summed E-state index contributed by atoms with van der Waals surface area (Å²) in [7, 11) is 2.17. The Hall–Kier alpha value is -1.68. The van der Waals surface area contributed by atoms with Crippen LogP contribution in [0.15, 0.2) is 24.3 Å². The SMILES string of the molecule is Cc1cc(NCC2CCN(C)CC2)c2cc(F)ccc2n1. The number of hydrogen-bond donors (Lipinski definition) is 1. The van der Waals surface area contributed by atoms with Crippen LogP contribution in [0.25, 0.3) is 10.9 Å². The quantitative estimate of drug-likeness (QED) is 0.937. The number of pyridine rings is 1. The Morgan fingerprint density at radius 1 is 1.29 bits per heavy atom. The van der Waals surface area contributed by atoms with E-state index in [0.29, 0.717) is 5.92 Å². The monoisotopic (exact) mass is 287 g/mol. The number of nitrogens with zero attached hydrogens (tertiary/aromatic N) is 2. The van der Waals surface area contributed by atoms with E-state index in [0.717, 1.165) is 41.9 Å². The lowest BCUT2D eigenvalue weighted by molar-refractivity contribution is 0.226. The Kier molecular flexibility index (Phi) is 4.06. The van der Waals surface area contributed by atoms with E-state index in [9.17, 15) is 4.39 Å². The van der Waals surface area contributed by atoms with Gasteiger partial charge >= 0.3 is 0 Å². The first-order valence-electron chi connectivity index (χ1n) is 7.61. The number of benzene rings is 1. The number of hydrogen-bond acceptors (Lipinski definition) is 3. The first-order valence-corrected chi connectivity index (χ1v) is 7.61. The summed E-state index contributed by atoms with van der Waals surface area (Å²) in [4.78, 5) is 6.84. The van der Waals surface area contributed by atoms with E-state index in [2.05, 4.69) is 22.2 Å². The zero-order valence-corrected chi connectivity index (χ0v) is 12.7. The lowest BCUT2D eigenvalue weighted by atomic mass is 9.97. The minimum absolute atomic E-state index is 0.213. The third kappa shape index (κ3) is 3.32. The van der Waals surface area contributed by atoms with Crippen molar-refractivity contribution in [1.82, 2.24) is 9.88 Å². The molecule has 1 aliphatic heterocycles. The van der Waals surface area contributed by atoms with Crippen LogP contribution in [0, 0.1) is 18.7 Å². The summed E-state index contributed by atoms with van der Waals surface area (Å²) in [5.74, 6) is 0.480. The standard InChI is InChI=1S/C17H22FN3/c1-12-9-17(15-10-14(18)3-4-16(15)20-12)19-11-13-5-7-21(2)8-6-13/h3-4,9-10,13H,5-8,11H2,1-2H3,(H,19,20). The minimum atomic E-state index is -0.213. The van der Waals surface area contributed by atoms with Crippen molar-refractivity contribution in [2.24, 2.45) is 5.92 Å². The molecule has 3 rings (SSSR count). The van der Waals surface area contributed by atoms with E-state index in [1.807, 2.05) is 13.0 Å². The molecular weight excluding hydrogens is 265 g/mol. The molecule has 1 N–H and O–H groups in total. The van der Waals surface area contributed by atoms with Crippen molar-refractivity contribution in [1.29, 1.82) is 0 Å². The van der Waals surface area contributed by atoms with Crippen LogP contribution in [0.4, 0.5) is 10.1 Å². The molecule has 3 nitrogen and oxygen atoms in total. The maximum absolute atomic E-state index is 13.5. The van der Waals surface area contributed by atoms with E-state index in [4.69, 9.17) is 0 Å². The van der Waals surface area contributed by atoms with Gasteiger partial charge in [0.25, 0.3) is 0 Å². The van der Waals surface area contributed by atoms with E-state index >= 15 is 0 Å². The van der Waals surface area contributed by atoms with Crippen molar-refractivity contribution in [3.05, 3.63) is 35.8 Å². The predicted molar refractivity (Wildman–Crippen MR) is 85.1 cm³/mol. The summed E-state index contributed by atoms with van der Waals surface area (Å²) < 4.78 is 13.5. The van der Waals surface area contributed by atoms with Crippen molar-refractivity contribution in [2.45, 2.75) is 19.8 Å². The number of nitrogens with one attached hydrogen (secondary N) is 1. The fourth-order valence-corrected chi connectivity index (χ4v) is 3.00. The molecule has 21 heavy (non-hydrogen) atoms. The van der Waals surface area contributed by atoms with Gasteiger partial charge in [-0.3, -0.25) is 4.98 Å². The molecule has 1 fully saturated rings. The summed E-state index contributed by atoms with van der Waals surface area (Å²) in [6, 6.07) is 6.80. The molecule has 0 amide bonds. The van der Waals surface area contributed by atoms with Crippen LogP contribution in [-0.4, -0.2) is 36.6 Å². The highest BCUT2D eigenvalue weighted by molar-refractivity contribution is 5.91. The minimum Gasteiger partial charge on any atom is -0.384 e. The van der Waals surface area contributed by atoms with Crippen LogP contribution < -0.4 is 5.32 Å². The molecule has 0 aliphatic carbocycles. The third-order valence-corrected chi connectivity index (χ3v) is 4.32. The molecule has 0 unspecified atom stereocenters. The molecule has 1 aromatic carbocycles. The van der Waals surface area contributed by atoms with Crippen LogP contribution in [0.3, 0.4) is 0 Å². The van der Waals surface area contributed by atoms with Gasteiger partial charge in [0.05, 0.1) is 5.52 Å². The first kappa shape index (κ1) is 14.3. The van der Waals surface area contributed by atoms with Gasteiger partial charge in [0.2, 0.25) is 0 Å². The van der Waals surface area contributed by atoms with Gasteiger partial charge in [0, 0.05) is 23.3 Å². The van der Waals surface area contributed by atoms with Crippen LogP contribution in [0.2, 0.25) is 0 Å². The second-order valence-corrected chi connectivity index (χ2v) is 6.10. The normalized spacial score (nSPS) is 17.3. The number of fused-ring (bicyclic) bond motifs is 1. The summed E-state index contributed by atoms with van der Waals surface area (Å²) in [5.41, 5.74) is 2.80. The van der Waals surface area contributed by atoms with Crippen molar-refractivity contribution in [3.63, 3.8) is 0 Å². The highest BCUT2D eigenvalue weighted by Crippen LogP contribution is 2.25. The molecule has 0 atom stereocenters. The molecule has 0 bridgehead atoms. The van der Waals surface area contributed by atoms with Crippen LogP contribution in [0.1, 0.15) is 18.5 Å². The van der Waals surface area contributed by atoms with Gasteiger partial charge in [-0.1, -0.05) is 0 Å². The smallest absolute Gasteiger partial charge is 0.124 e. The summed E-state index contributed by atoms with van der Waals surface area (Å²) in [6.07, 6.45) is 2.44. The average molecular weight is 287 g/mol. The topological polar surface area (TPSA) is 28.2 Å². The van der Waals surface area contributed by atoms with E-state index in [-0.39, 0.29) is 5.82 Å². The fraction of sp³-hybridized carbons (Fsp3) is 0.471. The molecule has 112 valence electrons. The van der Waals surface area contributed by atoms with Gasteiger partial charge in [-0.15, -0.1) is 0 Å². The maximum Gasteiger partial charge on any atom is 0.124 e. The van der Waals surface area contributed by atoms with E-state index < -0.39 is 0 Å². The lowest BCUT2D eigenvalue weighted by Crippen LogP contribution is -2.33. The Labute approximate surface area is 125 Å². The summed E-state index contributed by atoms with van der Waals surface area (Å²) >= 11 is 0. The van der Waals surface area contributed by atoms with Gasteiger partial charge in [0.1, 0.15) is 5.82 Å². The van der Waals surface area contributed by atoms with Crippen LogP contribution >= 0.6 is 0 Å². The number of rotatable bonds is 3. The molecule has 0 spiro atoms. The Morgan fingerprint density at radius 3 is 2.81 bits per heavy atom. The largest absolute Gasteiger partial charge is 0.384 e. The number of aryl methyl sites for hydroxylation is 1. The Balaban J connectivity index is 1.78. The average Bonchev–Trinajstić information content (AvgIpc) is 2.47. The Morgan fingerprint density at radius 2 is 2.05 bits per heavy atom. The first-order chi connectivity index (χ1) is 10.1. The number of aromatic nitrogens is 1. The number of anilines is 1. The molecule has 4 heteroatoms. The third-order valence-electron chi connectivity index (χ3n) is 4.32. The summed E-state index contributed by atoms with van der Waals surface area (Å²) in [5, 5.41) is 4.38. The zero-order chi connectivity index (χ0) is 14.8. The predicted octanol–water partition coefficient (Wildman–Crippen LogP) is 3.44. The van der Waals surface area contributed by atoms with Gasteiger partial charge < -0.3 is 10.2 Å². The molecule has 1 aromatic heterocycles. The maximum atomic E-state index is 13.5. The van der Waals surface area contributed by atoms with Crippen LogP contribution in [-0.2, 0) is 0 Å². The van der Waals surface area contributed by atoms with Crippen molar-refractivity contribution in [2.75, 3.05) is 32.0 Å². The van der Waals surface area contributed by atoms with E-state index in [1.165, 1.54) is 18.9 Å². The molecular formula is C17H22FN3. The molecule has 1 saturated heterocycles. The molecule has 0 radical (unpaired) electrons. The zero-order valence-electron chi connectivity index (χ0n) is 12.7. The highest BCUT2D eigenvalue weighted by Gasteiger charge is 2.16. The van der Waals surface area contributed by atoms with Gasteiger partial charge in [-0.05, 0) is 70.1 Å². The van der Waals surface area contributed by atoms with Gasteiger partial charge in [-0.25, -0.2) is 4.39 Å². The van der Waals surface area contributed by atoms with Crippen molar-refractivity contribution in [3.8, 4) is 0 Å². The Bertz CT molecular complexity index is 633. The number of piperidine rings is 1. The second-order valence-electron chi connectivity index (χ2n) is 6.10. The summed E-state index contributed by atoms with van der Waals surface area (Å²) in [6.45, 7) is 5.25. The van der Waals surface area contributed by atoms with Gasteiger partial charge in [0.15, 0.2) is 0 Å². The highest BCUT2D eigenvalue weighted by atomic mass is 19.1. The van der Waals surface area contributed by atoms with Gasteiger partial charge in [-0.2, -0.15) is 0 Å². The molecule has 2 aromatic rings. The molecule has 1 aliphatic rings. The molecule has 0 saturated carbocycles. The second kappa shape index (κ2) is 5.98. The van der Waals surface area contributed by atoms with Crippen LogP contribution in [0.5, 0.6) is 0 Å². The lowest BCUT2D eigenvalue weighted by Gasteiger charge is -2.29.